The fourth-order valence-corrected chi connectivity index (χ4v) is 4.02. The Morgan fingerprint density at radius 1 is 1.34 bits per heavy atom. The van der Waals surface area contributed by atoms with E-state index in [0.29, 0.717) is 24.7 Å². The average Bonchev–Trinajstić information content (AvgIpc) is 3.47. The van der Waals surface area contributed by atoms with E-state index in [9.17, 15) is 22.4 Å². The third-order valence-corrected chi connectivity index (χ3v) is 5.54. The lowest BCUT2D eigenvalue weighted by molar-refractivity contribution is -0.136. The highest BCUT2D eigenvalue weighted by atomic mass is 19.4. The first-order valence-corrected chi connectivity index (χ1v) is 10.9. The molecule has 0 aromatic carbocycles. The third-order valence-electron chi connectivity index (χ3n) is 5.54. The molecule has 14 heteroatoms. The van der Waals surface area contributed by atoms with Crippen LogP contribution in [0.2, 0.25) is 0 Å². The number of ether oxygens (including phenoxy) is 2. The lowest BCUT2D eigenvalue weighted by Gasteiger charge is -2.18. The first-order chi connectivity index (χ1) is 16.6. The molecule has 3 aromatic heterocycles. The van der Waals surface area contributed by atoms with E-state index in [1.54, 1.807) is 19.9 Å². The smallest absolute Gasteiger partial charge is 0.421 e. The second kappa shape index (κ2) is 9.68. The number of hydrogen-bond acceptors (Lipinski definition) is 7. The van der Waals surface area contributed by atoms with Gasteiger partial charge >= 0.3 is 12.3 Å². The lowest BCUT2D eigenvalue weighted by atomic mass is 10.0. The van der Waals surface area contributed by atoms with Gasteiger partial charge in [0.05, 0.1) is 12.3 Å². The van der Waals surface area contributed by atoms with Crippen LogP contribution in [0.25, 0.3) is 5.65 Å². The quantitative estimate of drug-likeness (QED) is 0.419. The van der Waals surface area contributed by atoms with Crippen molar-refractivity contribution in [3.05, 3.63) is 35.4 Å². The molecule has 1 aliphatic rings. The molecule has 0 bridgehead atoms. The minimum absolute atomic E-state index is 0.0168. The van der Waals surface area contributed by atoms with Gasteiger partial charge in [-0.2, -0.15) is 18.3 Å². The normalized spacial score (nSPS) is 20.5. The van der Waals surface area contributed by atoms with Gasteiger partial charge in [-0.3, -0.25) is 9.50 Å². The molecule has 1 amide bonds. The van der Waals surface area contributed by atoms with Crippen LogP contribution in [0.3, 0.4) is 0 Å². The number of aromatic nitrogens is 5. The van der Waals surface area contributed by atoms with Crippen LogP contribution in [-0.4, -0.2) is 56.1 Å². The second-order valence-electron chi connectivity index (χ2n) is 8.56. The molecular formula is C21H25F4N7O3. The zero-order chi connectivity index (χ0) is 25.3. The van der Waals surface area contributed by atoms with Crippen molar-refractivity contribution in [1.29, 1.82) is 0 Å². The van der Waals surface area contributed by atoms with E-state index in [1.807, 2.05) is 0 Å². The molecule has 10 nitrogen and oxygen atoms in total. The van der Waals surface area contributed by atoms with Crippen LogP contribution in [0.5, 0.6) is 0 Å². The Morgan fingerprint density at radius 3 is 2.80 bits per heavy atom. The Kier molecular flexibility index (Phi) is 6.83. The van der Waals surface area contributed by atoms with Crippen LogP contribution in [0.1, 0.15) is 49.6 Å². The van der Waals surface area contributed by atoms with Crippen LogP contribution in [0.15, 0.2) is 18.5 Å². The zero-order valence-corrected chi connectivity index (χ0v) is 19.2. The molecule has 190 valence electrons. The van der Waals surface area contributed by atoms with Gasteiger partial charge in [-0.05, 0) is 26.7 Å². The van der Waals surface area contributed by atoms with Crippen molar-refractivity contribution in [3.63, 3.8) is 0 Å². The minimum Gasteiger partial charge on any atom is -0.443 e. The van der Waals surface area contributed by atoms with E-state index in [-0.39, 0.29) is 35.8 Å². The summed E-state index contributed by atoms with van der Waals surface area (Å²) in [7, 11) is 1.41. The van der Waals surface area contributed by atoms with E-state index >= 15 is 0 Å². The van der Waals surface area contributed by atoms with E-state index < -0.39 is 36.0 Å². The predicted molar refractivity (Wildman–Crippen MR) is 116 cm³/mol. The van der Waals surface area contributed by atoms with Gasteiger partial charge in [0.25, 0.3) is 0 Å². The first kappa shape index (κ1) is 24.7. The fourth-order valence-electron chi connectivity index (χ4n) is 4.02. The number of fused-ring (bicyclic) bond motifs is 1. The highest BCUT2D eigenvalue weighted by molar-refractivity contribution is 5.67. The number of carbonyl (C=O) groups is 1. The maximum Gasteiger partial charge on any atom is 0.421 e. The summed E-state index contributed by atoms with van der Waals surface area (Å²) in [5, 5.41) is 12.3. The Hall–Kier alpha value is -3.42. The third kappa shape index (κ3) is 5.31. The number of amides is 1. The van der Waals surface area contributed by atoms with Crippen molar-refractivity contribution in [2.45, 2.75) is 63.7 Å². The van der Waals surface area contributed by atoms with Crippen LogP contribution in [-0.2, 0) is 22.3 Å². The topological polar surface area (TPSA) is 118 Å². The lowest BCUT2D eigenvalue weighted by Crippen LogP contribution is -2.36. The van der Waals surface area contributed by atoms with Crippen LogP contribution >= 0.6 is 0 Å². The number of halogens is 4. The van der Waals surface area contributed by atoms with E-state index in [4.69, 9.17) is 9.47 Å². The molecule has 4 rings (SSSR count). The molecule has 0 radical (unpaired) electrons. The highest BCUT2D eigenvalue weighted by Crippen LogP contribution is 2.39. The number of carbonyl (C=O) groups excluding carboxylic acids is 1. The largest absolute Gasteiger partial charge is 0.443 e. The second-order valence-corrected chi connectivity index (χ2v) is 8.56. The van der Waals surface area contributed by atoms with Gasteiger partial charge in [0.1, 0.15) is 17.8 Å². The van der Waals surface area contributed by atoms with Crippen molar-refractivity contribution in [3.8, 4) is 0 Å². The molecule has 3 aromatic rings. The summed E-state index contributed by atoms with van der Waals surface area (Å²) in [4.78, 5) is 19.7. The van der Waals surface area contributed by atoms with Gasteiger partial charge in [0.15, 0.2) is 11.5 Å². The summed E-state index contributed by atoms with van der Waals surface area (Å²) in [5.41, 5.74) is -0.580. The summed E-state index contributed by atoms with van der Waals surface area (Å²) >= 11 is 0. The number of nitrogens with one attached hydrogen (secondary N) is 3. The van der Waals surface area contributed by atoms with Gasteiger partial charge in [0, 0.05) is 43.2 Å². The number of H-pyrrole nitrogens is 1. The van der Waals surface area contributed by atoms with E-state index in [1.165, 1.54) is 13.3 Å². The van der Waals surface area contributed by atoms with Crippen molar-refractivity contribution in [2.75, 3.05) is 12.4 Å². The maximum absolute atomic E-state index is 15.0. The standard InChI is InChI=1S/C21H25F4N7O3/c1-10(2)27-20(33)35-15-5-4-12(17(15)22)14-6-16(31-30-14)29-19-26-7-13(21(23,24)25)18-28-11(9-34-3)8-32(18)19/h6-8,10,12,15,17H,4-5,9H2,1-3H3,(H,27,33)(H2,26,29,30,31)/t12-,15-,17-/m1/s1. The van der Waals surface area contributed by atoms with Crippen molar-refractivity contribution >= 4 is 23.5 Å². The molecule has 0 saturated heterocycles. The Bertz CT molecular complexity index is 1190. The zero-order valence-electron chi connectivity index (χ0n) is 19.2. The number of rotatable bonds is 7. The van der Waals surface area contributed by atoms with Crippen molar-refractivity contribution in [1.82, 2.24) is 29.9 Å². The highest BCUT2D eigenvalue weighted by Gasteiger charge is 2.41. The molecule has 35 heavy (non-hydrogen) atoms. The minimum atomic E-state index is -4.65. The number of hydrogen-bond donors (Lipinski definition) is 3. The number of anilines is 2. The van der Waals surface area contributed by atoms with Gasteiger partial charge in [-0.15, -0.1) is 0 Å². The monoisotopic (exact) mass is 499 g/mol. The summed E-state index contributed by atoms with van der Waals surface area (Å²) in [5.74, 6) is -0.322. The SMILES string of the molecule is COCc1cn2c(Nc3cc([C@H]4CC[C@@H](OC(=O)NC(C)C)[C@@H]4F)[nH]n3)ncc(C(F)(F)F)c2n1. The van der Waals surface area contributed by atoms with Gasteiger partial charge in [-0.25, -0.2) is 19.2 Å². The molecule has 3 atom stereocenters. The van der Waals surface area contributed by atoms with Crippen LogP contribution in [0, 0.1) is 0 Å². The molecule has 3 N–H and O–H groups in total. The molecule has 1 aliphatic carbocycles. The Morgan fingerprint density at radius 2 is 2.11 bits per heavy atom. The molecular weight excluding hydrogens is 474 g/mol. The Labute approximate surface area is 197 Å². The van der Waals surface area contributed by atoms with Crippen molar-refractivity contribution in [2.24, 2.45) is 0 Å². The summed E-state index contributed by atoms with van der Waals surface area (Å²) < 4.78 is 66.6. The van der Waals surface area contributed by atoms with Gasteiger partial charge in [-0.1, -0.05) is 0 Å². The number of imidazole rings is 1. The number of alkyl carbamates (subject to hydrolysis) is 1. The molecule has 3 heterocycles. The van der Waals surface area contributed by atoms with Gasteiger partial charge < -0.3 is 20.1 Å². The summed E-state index contributed by atoms with van der Waals surface area (Å²) in [6.07, 6.45) is -4.81. The summed E-state index contributed by atoms with van der Waals surface area (Å²) in [6.45, 7) is 3.56. The van der Waals surface area contributed by atoms with E-state index in [0.717, 1.165) is 4.40 Å². The molecule has 0 spiro atoms. The first-order valence-electron chi connectivity index (χ1n) is 10.9. The van der Waals surface area contributed by atoms with E-state index in [2.05, 4.69) is 30.8 Å². The predicted octanol–water partition coefficient (Wildman–Crippen LogP) is 4.08. The summed E-state index contributed by atoms with van der Waals surface area (Å²) in [6, 6.07) is 1.41. The maximum atomic E-state index is 15.0. The average molecular weight is 499 g/mol. The molecule has 1 saturated carbocycles. The molecule has 1 fully saturated rings. The molecule has 0 unspecified atom stereocenters. The molecule has 0 aliphatic heterocycles. The number of aromatic amines is 1. The number of alkyl halides is 4. The van der Waals surface area contributed by atoms with Crippen molar-refractivity contribution < 1.29 is 31.8 Å². The van der Waals surface area contributed by atoms with Crippen LogP contribution in [0.4, 0.5) is 34.1 Å². The fraction of sp³-hybridized carbons (Fsp3) is 0.524. The van der Waals surface area contributed by atoms with Gasteiger partial charge in [0.2, 0.25) is 5.95 Å². The number of methoxy groups -OCH3 is 1. The van der Waals surface area contributed by atoms with Crippen LogP contribution < -0.4 is 10.6 Å². The number of nitrogens with zero attached hydrogens (tertiary/aromatic N) is 4. The Balaban J connectivity index is 1.52.